The van der Waals surface area contributed by atoms with E-state index in [4.69, 9.17) is 5.26 Å². The van der Waals surface area contributed by atoms with Crippen molar-refractivity contribution in [2.45, 2.75) is 13.8 Å². The molecule has 0 spiro atoms. The van der Waals surface area contributed by atoms with Crippen molar-refractivity contribution in [2.75, 3.05) is 6.61 Å². The van der Waals surface area contributed by atoms with Crippen LogP contribution in [-0.4, -0.2) is 20.4 Å². The van der Waals surface area contributed by atoms with Crippen LogP contribution in [0.15, 0.2) is 0 Å². The molecular formula is C5H11BNNaO2. The second-order valence-electron chi connectivity index (χ2n) is 0.925. The maximum atomic E-state index is 9.82. The van der Waals surface area contributed by atoms with Gasteiger partial charge in [-0.1, -0.05) is 0 Å². The molecule has 0 rings (SSSR count). The van der Waals surface area contributed by atoms with Crippen LogP contribution in [0.3, 0.4) is 0 Å². The summed E-state index contributed by atoms with van der Waals surface area (Å²) in [6.07, 6.45) is 0. The average Bonchev–Trinajstić information content (AvgIpc) is 1.67. The summed E-state index contributed by atoms with van der Waals surface area (Å²) < 4.78 is 4.40. The number of carbonyl (C=O) groups excluding carboxylic acids is 1. The number of nitrogens with zero attached hydrogens (tertiary/aromatic N) is 1. The van der Waals surface area contributed by atoms with E-state index in [0.29, 0.717) is 6.61 Å². The molecule has 10 heavy (non-hydrogen) atoms. The van der Waals surface area contributed by atoms with Gasteiger partial charge in [0.05, 0.1) is 14.5 Å². The monoisotopic (exact) mass is 151 g/mol. The zero-order valence-corrected chi connectivity index (χ0v) is 7.97. The number of nitriles is 1. The Kier molecular flexibility index (Phi) is 26.5. The molecule has 0 unspecified atom stereocenters. The van der Waals surface area contributed by atoms with Crippen molar-refractivity contribution in [3.63, 3.8) is 0 Å². The molecule has 0 atom stereocenters. The van der Waals surface area contributed by atoms with Crippen LogP contribution in [0, 0.1) is 11.2 Å². The third-order valence-corrected chi connectivity index (χ3v) is 0.348. The Hall–Kier alpha value is 0.0249. The second-order valence-corrected chi connectivity index (χ2v) is 0.925. The average molecular weight is 151 g/mol. The Bertz CT molecular complexity index is 113. The maximum Gasteiger partial charge on any atom is 1.00 e. The summed E-state index contributed by atoms with van der Waals surface area (Å²) in [5.74, 6) is 1.79. The van der Waals surface area contributed by atoms with E-state index >= 15 is 0 Å². The van der Waals surface area contributed by atoms with Gasteiger partial charge in [0.2, 0.25) is 0 Å². The third kappa shape index (κ3) is 43.3. The van der Waals surface area contributed by atoms with E-state index in [0.717, 1.165) is 0 Å². The number of rotatable bonds is 1. The van der Waals surface area contributed by atoms with Gasteiger partial charge < -0.3 is 4.74 Å². The number of esters is 1. The Balaban J connectivity index is -0.000000107. The molecule has 52 valence electrons. The van der Waals surface area contributed by atoms with Crippen LogP contribution in [0.2, 0.25) is 0 Å². The first-order valence-electron chi connectivity index (χ1n) is 2.13. The normalized spacial score (nSPS) is 5.40. The Morgan fingerprint density at radius 2 is 2.10 bits per heavy atom. The molecule has 0 aliphatic rings. The van der Waals surface area contributed by atoms with E-state index in [9.17, 15) is 4.79 Å². The Labute approximate surface area is 84.4 Å². The second kappa shape index (κ2) is 16.0. The molecule has 0 saturated carbocycles. The topological polar surface area (TPSA) is 50.1 Å². The number of hydrogen-bond donors (Lipinski definition) is 0. The van der Waals surface area contributed by atoms with E-state index in [-0.39, 0.29) is 43.4 Å². The number of carbonyl (C=O) groups is 1. The summed E-state index contributed by atoms with van der Waals surface area (Å²) >= 11 is 0. The van der Waals surface area contributed by atoms with Gasteiger partial charge in [-0.15, -0.1) is 0 Å². The molecule has 0 aromatic rings. The van der Waals surface area contributed by atoms with Gasteiger partial charge in [-0.05, 0) is 6.92 Å². The maximum absolute atomic E-state index is 9.82. The molecule has 0 aliphatic heterocycles. The van der Waals surface area contributed by atoms with E-state index in [1.807, 2.05) is 5.97 Å². The summed E-state index contributed by atoms with van der Waals surface area (Å²) in [4.78, 5) is 9.82. The van der Waals surface area contributed by atoms with Crippen LogP contribution < -0.4 is 29.6 Å². The fourth-order valence-corrected chi connectivity index (χ4v) is 0.203. The number of ether oxygens (including phenoxy) is 1. The molecular weight excluding hydrogens is 140 g/mol. The van der Waals surface area contributed by atoms with Crippen LogP contribution in [0.5, 0.6) is 0 Å². The zero-order chi connectivity index (χ0) is 7.70. The zero-order valence-electron chi connectivity index (χ0n) is 5.97. The predicted molar refractivity (Wildman–Crippen MR) is 37.9 cm³/mol. The van der Waals surface area contributed by atoms with Crippen molar-refractivity contribution < 1.29 is 39.1 Å². The van der Waals surface area contributed by atoms with Crippen molar-refractivity contribution in [3.05, 3.63) is 0 Å². The first kappa shape index (κ1) is 16.5. The van der Waals surface area contributed by atoms with Crippen LogP contribution >= 0.6 is 0 Å². The van der Waals surface area contributed by atoms with Crippen molar-refractivity contribution in [1.82, 2.24) is 0 Å². The standard InChI is InChI=1S/C4H8O2.CH3BN.Na/c1-3-6-4(2)5;2-1-3;/h3H2,1-2H3;2H3;/q;-1;+1. The third-order valence-electron chi connectivity index (χ3n) is 0.348. The first-order valence-corrected chi connectivity index (χ1v) is 2.13. The largest absolute Gasteiger partial charge is 1.00 e. The molecule has 0 aromatic heterocycles. The molecule has 0 bridgehead atoms. The molecule has 3 nitrogen and oxygen atoms in total. The fraction of sp³-hybridized carbons (Fsp3) is 0.600. The number of hydrogen-bond acceptors (Lipinski definition) is 3. The quantitative estimate of drug-likeness (QED) is 0.287. The van der Waals surface area contributed by atoms with Gasteiger partial charge in [0, 0.05) is 6.92 Å². The summed E-state index contributed by atoms with van der Waals surface area (Å²) in [5.41, 5.74) is 0. The van der Waals surface area contributed by atoms with Gasteiger partial charge in [-0.3, -0.25) is 10.1 Å². The Morgan fingerprint density at radius 3 is 2.10 bits per heavy atom. The molecule has 0 saturated heterocycles. The van der Waals surface area contributed by atoms with Gasteiger partial charge in [-0.2, -0.15) is 5.97 Å². The van der Waals surface area contributed by atoms with Crippen LogP contribution in [0.1, 0.15) is 13.8 Å². The summed E-state index contributed by atoms with van der Waals surface area (Å²) in [7, 11) is 0.0694. The fourth-order valence-electron chi connectivity index (χ4n) is 0.203. The minimum Gasteiger partial charge on any atom is -0.466 e. The molecule has 0 heterocycles. The Morgan fingerprint density at radius 1 is 1.80 bits per heavy atom. The molecule has 0 amide bonds. The van der Waals surface area contributed by atoms with Crippen LogP contribution in [-0.2, 0) is 9.53 Å². The van der Waals surface area contributed by atoms with Gasteiger partial charge in [-0.25, -0.2) is 0 Å². The van der Waals surface area contributed by atoms with Crippen LogP contribution in [0.4, 0.5) is 0 Å². The van der Waals surface area contributed by atoms with E-state index < -0.39 is 0 Å². The SMILES string of the molecule is CCOC(C)=O.[BH3-]C#N.[Na+]. The predicted octanol–water partition coefficient (Wildman–Crippen LogP) is -3.59. The molecule has 0 N–H and O–H groups in total. The summed E-state index contributed by atoms with van der Waals surface area (Å²) in [5, 5.41) is 7.43. The molecule has 0 aromatic carbocycles. The van der Waals surface area contributed by atoms with Gasteiger partial charge in [0.25, 0.3) is 0 Å². The van der Waals surface area contributed by atoms with Crippen molar-refractivity contribution in [1.29, 1.82) is 5.26 Å². The summed E-state index contributed by atoms with van der Waals surface area (Å²) in [6, 6.07) is 0. The molecule has 5 heteroatoms. The van der Waals surface area contributed by atoms with Crippen LogP contribution in [0.25, 0.3) is 0 Å². The van der Waals surface area contributed by atoms with Gasteiger partial charge >= 0.3 is 35.5 Å². The van der Waals surface area contributed by atoms with Gasteiger partial charge in [0.15, 0.2) is 0 Å². The first-order chi connectivity index (χ1) is 4.18. The van der Waals surface area contributed by atoms with Crippen molar-refractivity contribution >= 4 is 13.8 Å². The van der Waals surface area contributed by atoms with E-state index in [1.54, 1.807) is 6.92 Å². The smallest absolute Gasteiger partial charge is 0.466 e. The molecule has 0 aliphatic carbocycles. The van der Waals surface area contributed by atoms with Gasteiger partial charge in [0.1, 0.15) is 0 Å². The molecule has 0 radical (unpaired) electrons. The van der Waals surface area contributed by atoms with Crippen molar-refractivity contribution in [3.8, 4) is 5.97 Å². The molecule has 0 fully saturated rings. The van der Waals surface area contributed by atoms with E-state index in [1.165, 1.54) is 6.92 Å². The minimum atomic E-state index is -0.211. The van der Waals surface area contributed by atoms with E-state index in [2.05, 4.69) is 4.74 Å². The summed E-state index contributed by atoms with van der Waals surface area (Å²) in [6.45, 7) is 3.65. The van der Waals surface area contributed by atoms with Crippen molar-refractivity contribution in [2.24, 2.45) is 0 Å². The minimum absolute atomic E-state index is 0.